The summed E-state index contributed by atoms with van der Waals surface area (Å²) < 4.78 is 16.4. The SMILES string of the molecule is C[C@H](c1ccc(Cl)cc1F)n1ncc2ccc(N3CCN(C(=O)[C@H]4CCCN4)CC3)cc21. The molecule has 1 N–H and O–H groups in total. The number of fused-ring (bicyclic) bond motifs is 1. The molecule has 0 unspecified atom stereocenters. The van der Waals surface area contributed by atoms with Crippen LogP contribution in [0.1, 0.15) is 31.4 Å². The highest BCUT2D eigenvalue weighted by Crippen LogP contribution is 2.29. The van der Waals surface area contributed by atoms with Crippen LogP contribution in [-0.4, -0.2) is 59.4 Å². The van der Waals surface area contributed by atoms with Crippen LogP contribution in [0.25, 0.3) is 10.9 Å². The van der Waals surface area contributed by atoms with E-state index in [0.717, 1.165) is 62.2 Å². The fourth-order valence-electron chi connectivity index (χ4n) is 4.80. The second kappa shape index (κ2) is 8.71. The molecule has 0 bridgehead atoms. The van der Waals surface area contributed by atoms with Crippen LogP contribution in [0.15, 0.2) is 42.6 Å². The first-order valence-electron chi connectivity index (χ1n) is 11.2. The average Bonchev–Trinajstić information content (AvgIpc) is 3.48. The zero-order chi connectivity index (χ0) is 22.2. The summed E-state index contributed by atoms with van der Waals surface area (Å²) in [5.74, 6) is -0.100. The summed E-state index contributed by atoms with van der Waals surface area (Å²) >= 11 is 5.92. The number of aromatic nitrogens is 2. The molecule has 2 aromatic carbocycles. The fraction of sp³-hybridized carbons (Fsp3) is 0.417. The van der Waals surface area contributed by atoms with Gasteiger partial charge in [0, 0.05) is 47.8 Å². The van der Waals surface area contributed by atoms with E-state index in [2.05, 4.69) is 33.5 Å². The van der Waals surface area contributed by atoms with E-state index in [0.29, 0.717) is 10.6 Å². The van der Waals surface area contributed by atoms with E-state index in [1.807, 2.05) is 22.7 Å². The standard InChI is InChI=1S/C24H27ClFN5O/c1-16(20-7-5-18(25)13-21(20)26)31-23-14-19(6-4-17(23)15-28-31)29-9-11-30(12-10-29)24(32)22-3-2-8-27-22/h4-7,13-16,22,27H,2-3,8-12H2,1H3/t16-,22-/m1/s1. The van der Waals surface area contributed by atoms with E-state index in [9.17, 15) is 9.18 Å². The van der Waals surface area contributed by atoms with Crippen molar-refractivity contribution < 1.29 is 9.18 Å². The Morgan fingerprint density at radius 1 is 1.19 bits per heavy atom. The topological polar surface area (TPSA) is 53.4 Å². The molecule has 0 spiro atoms. The second-order valence-electron chi connectivity index (χ2n) is 8.64. The first-order valence-corrected chi connectivity index (χ1v) is 11.6. The van der Waals surface area contributed by atoms with Gasteiger partial charge < -0.3 is 15.1 Å². The average molecular weight is 456 g/mol. The van der Waals surface area contributed by atoms with E-state index < -0.39 is 0 Å². The third-order valence-corrected chi connectivity index (χ3v) is 6.91. The number of hydrogen-bond acceptors (Lipinski definition) is 4. The molecule has 1 amide bonds. The van der Waals surface area contributed by atoms with Gasteiger partial charge in [0.25, 0.3) is 0 Å². The van der Waals surface area contributed by atoms with Crippen molar-refractivity contribution in [2.75, 3.05) is 37.6 Å². The molecule has 2 fully saturated rings. The van der Waals surface area contributed by atoms with Crippen molar-refractivity contribution in [1.82, 2.24) is 20.0 Å². The number of anilines is 1. The third kappa shape index (κ3) is 3.95. The number of halogens is 2. The Morgan fingerprint density at radius 2 is 2.00 bits per heavy atom. The molecule has 0 saturated carbocycles. The van der Waals surface area contributed by atoms with Gasteiger partial charge in [-0.2, -0.15) is 5.10 Å². The smallest absolute Gasteiger partial charge is 0.239 e. The van der Waals surface area contributed by atoms with Gasteiger partial charge in [0.15, 0.2) is 0 Å². The minimum absolute atomic E-state index is 0.0120. The van der Waals surface area contributed by atoms with Gasteiger partial charge in [-0.05, 0) is 56.6 Å². The summed E-state index contributed by atoms with van der Waals surface area (Å²) in [5.41, 5.74) is 2.60. The molecular weight excluding hydrogens is 429 g/mol. The molecule has 2 aliphatic rings. The van der Waals surface area contributed by atoms with Crippen molar-refractivity contribution in [3.8, 4) is 0 Å². The summed E-state index contributed by atoms with van der Waals surface area (Å²) in [6.07, 6.45) is 3.82. The molecular formula is C24H27ClFN5O. The maximum Gasteiger partial charge on any atom is 0.239 e. The van der Waals surface area contributed by atoms with Gasteiger partial charge in [0.1, 0.15) is 5.82 Å². The molecule has 8 heteroatoms. The third-order valence-electron chi connectivity index (χ3n) is 6.68. The van der Waals surface area contributed by atoms with Crippen LogP contribution in [0.4, 0.5) is 10.1 Å². The van der Waals surface area contributed by atoms with Crippen LogP contribution < -0.4 is 10.2 Å². The van der Waals surface area contributed by atoms with E-state index in [1.165, 1.54) is 6.07 Å². The molecule has 0 aliphatic carbocycles. The molecule has 6 nitrogen and oxygen atoms in total. The number of carbonyl (C=O) groups is 1. The van der Waals surface area contributed by atoms with Gasteiger partial charge in [-0.15, -0.1) is 0 Å². The molecule has 168 valence electrons. The molecule has 3 heterocycles. The zero-order valence-corrected chi connectivity index (χ0v) is 18.9. The van der Waals surface area contributed by atoms with Gasteiger partial charge in [-0.3, -0.25) is 9.48 Å². The van der Waals surface area contributed by atoms with Crippen molar-refractivity contribution in [1.29, 1.82) is 0 Å². The van der Waals surface area contributed by atoms with Gasteiger partial charge in [-0.25, -0.2) is 4.39 Å². The summed E-state index contributed by atoms with van der Waals surface area (Å²) in [4.78, 5) is 17.0. The Morgan fingerprint density at radius 3 is 2.72 bits per heavy atom. The highest BCUT2D eigenvalue weighted by molar-refractivity contribution is 6.30. The van der Waals surface area contributed by atoms with Crippen molar-refractivity contribution in [3.05, 3.63) is 59.0 Å². The normalized spacial score (nSPS) is 20.2. The Kier molecular flexibility index (Phi) is 5.78. The first-order chi connectivity index (χ1) is 15.5. The molecule has 1 aromatic heterocycles. The predicted molar refractivity (Wildman–Crippen MR) is 125 cm³/mol. The number of rotatable bonds is 4. The quantitative estimate of drug-likeness (QED) is 0.649. The van der Waals surface area contributed by atoms with E-state index in [1.54, 1.807) is 12.1 Å². The molecule has 2 aliphatic heterocycles. The van der Waals surface area contributed by atoms with Crippen molar-refractivity contribution in [3.63, 3.8) is 0 Å². The minimum atomic E-state index is -0.331. The van der Waals surface area contributed by atoms with Gasteiger partial charge >= 0.3 is 0 Å². The minimum Gasteiger partial charge on any atom is -0.368 e. The number of nitrogens with zero attached hydrogens (tertiary/aromatic N) is 4. The Balaban J connectivity index is 1.34. The lowest BCUT2D eigenvalue weighted by atomic mass is 10.1. The Bertz CT molecular complexity index is 1130. The van der Waals surface area contributed by atoms with Crippen LogP contribution in [0.3, 0.4) is 0 Å². The Labute approximate surface area is 191 Å². The lowest BCUT2D eigenvalue weighted by molar-refractivity contribution is -0.133. The lowest BCUT2D eigenvalue weighted by Gasteiger charge is -2.37. The van der Waals surface area contributed by atoms with E-state index >= 15 is 0 Å². The lowest BCUT2D eigenvalue weighted by Crippen LogP contribution is -2.53. The van der Waals surface area contributed by atoms with E-state index in [-0.39, 0.29) is 23.8 Å². The summed E-state index contributed by atoms with van der Waals surface area (Å²) in [6, 6.07) is 10.7. The van der Waals surface area contributed by atoms with Crippen molar-refractivity contribution >= 4 is 34.1 Å². The maximum absolute atomic E-state index is 14.5. The number of piperazine rings is 1. The van der Waals surface area contributed by atoms with Gasteiger partial charge in [0.05, 0.1) is 23.8 Å². The highest BCUT2D eigenvalue weighted by Gasteiger charge is 2.29. The molecule has 0 radical (unpaired) electrons. The van der Waals surface area contributed by atoms with Crippen LogP contribution >= 0.6 is 11.6 Å². The number of hydrogen-bond donors (Lipinski definition) is 1. The van der Waals surface area contributed by atoms with E-state index in [4.69, 9.17) is 11.6 Å². The second-order valence-corrected chi connectivity index (χ2v) is 9.07. The zero-order valence-electron chi connectivity index (χ0n) is 18.1. The number of amides is 1. The molecule has 32 heavy (non-hydrogen) atoms. The summed E-state index contributed by atoms with van der Waals surface area (Å²) in [6.45, 7) is 5.90. The largest absolute Gasteiger partial charge is 0.368 e. The van der Waals surface area contributed by atoms with Gasteiger partial charge in [-0.1, -0.05) is 17.7 Å². The van der Waals surface area contributed by atoms with Crippen LogP contribution in [0.5, 0.6) is 0 Å². The van der Waals surface area contributed by atoms with Crippen LogP contribution in [0.2, 0.25) is 5.02 Å². The molecule has 2 atom stereocenters. The van der Waals surface area contributed by atoms with Crippen molar-refractivity contribution in [2.24, 2.45) is 0 Å². The fourth-order valence-corrected chi connectivity index (χ4v) is 4.96. The number of nitrogens with one attached hydrogen (secondary N) is 1. The Hall–Kier alpha value is -2.64. The first kappa shape index (κ1) is 21.2. The number of carbonyl (C=O) groups excluding carboxylic acids is 1. The van der Waals surface area contributed by atoms with Crippen LogP contribution in [-0.2, 0) is 4.79 Å². The molecule has 5 rings (SSSR count). The summed E-state index contributed by atoms with van der Waals surface area (Å²) in [5, 5.41) is 9.23. The molecule has 3 aromatic rings. The summed E-state index contributed by atoms with van der Waals surface area (Å²) in [7, 11) is 0. The number of benzene rings is 2. The highest BCUT2D eigenvalue weighted by atomic mass is 35.5. The predicted octanol–water partition coefficient (Wildman–Crippen LogP) is 3.84. The van der Waals surface area contributed by atoms with Crippen LogP contribution in [0, 0.1) is 5.82 Å². The molecule has 2 saturated heterocycles. The maximum atomic E-state index is 14.5. The van der Waals surface area contributed by atoms with Crippen molar-refractivity contribution in [2.45, 2.75) is 31.8 Å². The monoisotopic (exact) mass is 455 g/mol. The van der Waals surface area contributed by atoms with Gasteiger partial charge in [0.2, 0.25) is 5.91 Å².